The van der Waals surface area contributed by atoms with Gasteiger partial charge in [0.1, 0.15) is 11.8 Å². The number of nitrogens with one attached hydrogen (secondary N) is 2. The molecule has 0 aliphatic rings. The summed E-state index contributed by atoms with van der Waals surface area (Å²) in [7, 11) is 1.56. The number of aromatic nitrogens is 2. The molecule has 0 fully saturated rings. The Balaban J connectivity index is 1.92. The van der Waals surface area contributed by atoms with Crippen molar-refractivity contribution in [1.82, 2.24) is 20.2 Å². The van der Waals surface area contributed by atoms with Crippen LogP contribution in [-0.2, 0) is 17.8 Å². The Morgan fingerprint density at radius 2 is 2.38 bits per heavy atom. The summed E-state index contributed by atoms with van der Waals surface area (Å²) in [6.45, 7) is 0.259. The van der Waals surface area contributed by atoms with Crippen molar-refractivity contribution in [3.63, 3.8) is 0 Å². The number of urea groups is 1. The molecular weight excluding hydrogens is 276 g/mol. The second-order valence-electron chi connectivity index (χ2n) is 4.56. The van der Waals surface area contributed by atoms with Crippen molar-refractivity contribution in [2.45, 2.75) is 19.0 Å². The molecule has 2 amide bonds. The number of hydrogen-bond acceptors (Lipinski definition) is 4. The van der Waals surface area contributed by atoms with Gasteiger partial charge >= 0.3 is 12.0 Å². The summed E-state index contributed by atoms with van der Waals surface area (Å²) in [6, 6.07) is 1.94. The second-order valence-corrected chi connectivity index (χ2v) is 4.56. The quantitative estimate of drug-likeness (QED) is 0.730. The van der Waals surface area contributed by atoms with Gasteiger partial charge in [-0.15, -0.1) is 0 Å². The first-order valence-corrected chi connectivity index (χ1v) is 6.30. The molecule has 8 nitrogen and oxygen atoms in total. The lowest BCUT2D eigenvalue weighted by Crippen LogP contribution is -2.47. The zero-order valence-electron chi connectivity index (χ0n) is 11.4. The van der Waals surface area contributed by atoms with E-state index in [4.69, 9.17) is 4.42 Å². The number of H-pyrrole nitrogens is 1. The Kier molecular flexibility index (Phi) is 4.60. The zero-order chi connectivity index (χ0) is 15.2. The van der Waals surface area contributed by atoms with Crippen LogP contribution in [0, 0.1) is 0 Å². The first kappa shape index (κ1) is 14.6. The molecule has 0 unspecified atom stereocenters. The monoisotopic (exact) mass is 292 g/mol. The molecule has 0 saturated heterocycles. The number of hydrogen-bond donors (Lipinski definition) is 3. The fourth-order valence-corrected chi connectivity index (χ4v) is 1.78. The summed E-state index contributed by atoms with van der Waals surface area (Å²) in [5.41, 5.74) is 0.636. The van der Waals surface area contributed by atoms with Gasteiger partial charge < -0.3 is 24.7 Å². The third kappa shape index (κ3) is 4.10. The van der Waals surface area contributed by atoms with Gasteiger partial charge in [-0.2, -0.15) is 0 Å². The summed E-state index contributed by atoms with van der Waals surface area (Å²) in [6.07, 6.45) is 4.63. The number of furan rings is 1. The van der Waals surface area contributed by atoms with Gasteiger partial charge in [0.25, 0.3) is 0 Å². The SMILES string of the molecule is CN(Cc1ccco1)C(=O)N[C@@H](Cc1cnc[nH]1)C(=O)O. The molecule has 0 radical (unpaired) electrons. The van der Waals surface area contributed by atoms with Gasteiger partial charge in [0.15, 0.2) is 0 Å². The van der Waals surface area contributed by atoms with E-state index in [-0.39, 0.29) is 13.0 Å². The Hall–Kier alpha value is -2.77. The molecule has 2 aromatic heterocycles. The average Bonchev–Trinajstić information content (AvgIpc) is 3.10. The highest BCUT2D eigenvalue weighted by molar-refractivity contribution is 5.82. The van der Waals surface area contributed by atoms with Crippen LogP contribution in [0.4, 0.5) is 4.79 Å². The molecule has 2 aromatic rings. The number of carboxylic acid groups (broad SMARTS) is 1. The van der Waals surface area contributed by atoms with Crippen LogP contribution in [0.1, 0.15) is 11.5 Å². The van der Waals surface area contributed by atoms with Gasteiger partial charge in [0.05, 0.1) is 19.1 Å². The molecule has 0 aliphatic carbocycles. The molecule has 0 bridgehead atoms. The fourth-order valence-electron chi connectivity index (χ4n) is 1.78. The molecule has 0 saturated carbocycles. The molecule has 0 spiro atoms. The number of carbonyl (C=O) groups is 2. The molecule has 21 heavy (non-hydrogen) atoms. The maximum atomic E-state index is 12.0. The van der Waals surface area contributed by atoms with Crippen molar-refractivity contribution in [1.29, 1.82) is 0 Å². The molecule has 2 heterocycles. The highest BCUT2D eigenvalue weighted by Crippen LogP contribution is 2.05. The smallest absolute Gasteiger partial charge is 0.326 e. The van der Waals surface area contributed by atoms with E-state index in [1.807, 2.05) is 0 Å². The van der Waals surface area contributed by atoms with Crippen LogP contribution in [0.5, 0.6) is 0 Å². The number of carboxylic acids is 1. The molecular formula is C13H16N4O4. The third-order valence-corrected chi connectivity index (χ3v) is 2.89. The van der Waals surface area contributed by atoms with E-state index < -0.39 is 18.0 Å². The molecule has 112 valence electrons. The minimum absolute atomic E-state index is 0.135. The number of aliphatic carboxylic acids is 1. The molecule has 0 aliphatic heterocycles. The first-order valence-electron chi connectivity index (χ1n) is 6.30. The molecule has 0 aromatic carbocycles. The minimum Gasteiger partial charge on any atom is -0.480 e. The van der Waals surface area contributed by atoms with Gasteiger partial charge in [-0.25, -0.2) is 14.6 Å². The van der Waals surface area contributed by atoms with E-state index in [2.05, 4.69) is 15.3 Å². The Labute approximate surface area is 120 Å². The first-order chi connectivity index (χ1) is 10.1. The summed E-state index contributed by atoms with van der Waals surface area (Å²) in [5, 5.41) is 11.6. The normalized spacial score (nSPS) is 11.9. The van der Waals surface area contributed by atoms with Crippen LogP contribution in [0.2, 0.25) is 0 Å². The number of carbonyl (C=O) groups excluding carboxylic acids is 1. The average molecular weight is 292 g/mol. The molecule has 2 rings (SSSR count). The standard InChI is InChI=1S/C13H16N4O4/c1-17(7-10-3-2-4-21-10)13(20)16-11(12(18)19)5-9-6-14-8-15-9/h2-4,6,8,11H,5,7H2,1H3,(H,14,15)(H,16,20)(H,18,19)/t11-/m0/s1. The van der Waals surface area contributed by atoms with Crippen LogP contribution in [0.15, 0.2) is 35.3 Å². The predicted molar refractivity (Wildman–Crippen MR) is 72.4 cm³/mol. The number of aromatic amines is 1. The fraction of sp³-hybridized carbons (Fsp3) is 0.308. The van der Waals surface area contributed by atoms with E-state index >= 15 is 0 Å². The van der Waals surface area contributed by atoms with Gasteiger partial charge in [0.2, 0.25) is 0 Å². The van der Waals surface area contributed by atoms with Crippen molar-refractivity contribution in [2.75, 3.05) is 7.05 Å². The van der Waals surface area contributed by atoms with E-state index in [0.29, 0.717) is 11.5 Å². The summed E-state index contributed by atoms with van der Waals surface area (Å²) < 4.78 is 5.14. The predicted octanol–water partition coefficient (Wildman–Crippen LogP) is 0.840. The van der Waals surface area contributed by atoms with E-state index in [1.165, 1.54) is 23.7 Å². The Bertz CT molecular complexity index is 579. The number of imidazole rings is 1. The van der Waals surface area contributed by atoms with Gasteiger partial charge in [0, 0.05) is 25.4 Å². The number of nitrogens with zero attached hydrogens (tertiary/aromatic N) is 2. The lowest BCUT2D eigenvalue weighted by atomic mass is 10.1. The van der Waals surface area contributed by atoms with Crippen molar-refractivity contribution in [2.24, 2.45) is 0 Å². The summed E-state index contributed by atoms with van der Waals surface area (Å²) >= 11 is 0. The Morgan fingerprint density at radius 1 is 1.57 bits per heavy atom. The van der Waals surface area contributed by atoms with E-state index in [9.17, 15) is 14.7 Å². The lowest BCUT2D eigenvalue weighted by Gasteiger charge is -2.20. The van der Waals surface area contributed by atoms with Crippen LogP contribution in [-0.4, -0.2) is 45.1 Å². The van der Waals surface area contributed by atoms with E-state index in [0.717, 1.165) is 0 Å². The van der Waals surface area contributed by atoms with Crippen LogP contribution in [0.3, 0.4) is 0 Å². The van der Waals surface area contributed by atoms with E-state index in [1.54, 1.807) is 19.2 Å². The number of amides is 2. The van der Waals surface area contributed by atoms with Crippen LogP contribution < -0.4 is 5.32 Å². The minimum atomic E-state index is -1.11. The van der Waals surface area contributed by atoms with Crippen LogP contribution in [0.25, 0.3) is 0 Å². The van der Waals surface area contributed by atoms with Gasteiger partial charge in [-0.3, -0.25) is 0 Å². The highest BCUT2D eigenvalue weighted by Gasteiger charge is 2.23. The van der Waals surface area contributed by atoms with Crippen molar-refractivity contribution in [3.05, 3.63) is 42.4 Å². The highest BCUT2D eigenvalue weighted by atomic mass is 16.4. The van der Waals surface area contributed by atoms with Gasteiger partial charge in [-0.1, -0.05) is 0 Å². The van der Waals surface area contributed by atoms with Crippen molar-refractivity contribution in [3.8, 4) is 0 Å². The largest absolute Gasteiger partial charge is 0.480 e. The van der Waals surface area contributed by atoms with Crippen molar-refractivity contribution < 1.29 is 19.1 Å². The topological polar surface area (TPSA) is 111 Å². The molecule has 8 heteroatoms. The Morgan fingerprint density at radius 3 is 2.95 bits per heavy atom. The third-order valence-electron chi connectivity index (χ3n) is 2.89. The molecule has 3 N–H and O–H groups in total. The zero-order valence-corrected chi connectivity index (χ0v) is 11.4. The van der Waals surface area contributed by atoms with Crippen LogP contribution >= 0.6 is 0 Å². The number of rotatable bonds is 6. The lowest BCUT2D eigenvalue weighted by molar-refractivity contribution is -0.139. The molecule has 1 atom stereocenters. The maximum absolute atomic E-state index is 12.0. The summed E-state index contributed by atoms with van der Waals surface area (Å²) in [4.78, 5) is 31.2. The second kappa shape index (κ2) is 6.60. The van der Waals surface area contributed by atoms with Crippen molar-refractivity contribution >= 4 is 12.0 Å². The summed E-state index contributed by atoms with van der Waals surface area (Å²) in [5.74, 6) is -0.488. The van der Waals surface area contributed by atoms with Gasteiger partial charge in [-0.05, 0) is 12.1 Å². The maximum Gasteiger partial charge on any atom is 0.326 e.